The Morgan fingerprint density at radius 3 is 2.38 bits per heavy atom. The van der Waals surface area contributed by atoms with E-state index in [4.69, 9.17) is 0 Å². The zero-order valence-corrected chi connectivity index (χ0v) is 13.6. The third-order valence-electron chi connectivity index (χ3n) is 3.95. The molecule has 1 saturated heterocycles. The van der Waals surface area contributed by atoms with Crippen LogP contribution in [0.15, 0.2) is 0 Å². The number of nitrogens with zero attached hydrogens (tertiary/aromatic N) is 5. The molecular formula is C14H27N7. The SMILES string of the molecule is CCN1CCC(CNc2nc(NC)nc(N(C)C)n2)CC1. The summed E-state index contributed by atoms with van der Waals surface area (Å²) in [5, 5.41) is 6.35. The highest BCUT2D eigenvalue weighted by Crippen LogP contribution is 2.18. The summed E-state index contributed by atoms with van der Waals surface area (Å²) in [5.74, 6) is 2.61. The first-order valence-electron chi connectivity index (χ1n) is 7.69. The molecule has 21 heavy (non-hydrogen) atoms. The quantitative estimate of drug-likeness (QED) is 0.814. The van der Waals surface area contributed by atoms with E-state index in [1.54, 1.807) is 0 Å². The van der Waals surface area contributed by atoms with Crippen molar-refractivity contribution in [1.82, 2.24) is 19.9 Å². The molecule has 118 valence electrons. The molecule has 2 heterocycles. The second-order valence-corrected chi connectivity index (χ2v) is 5.69. The van der Waals surface area contributed by atoms with Gasteiger partial charge in [-0.05, 0) is 38.4 Å². The Hall–Kier alpha value is -1.63. The number of likely N-dealkylation sites (tertiary alicyclic amines) is 1. The van der Waals surface area contributed by atoms with E-state index in [9.17, 15) is 0 Å². The van der Waals surface area contributed by atoms with Gasteiger partial charge in [-0.1, -0.05) is 6.92 Å². The van der Waals surface area contributed by atoms with Gasteiger partial charge in [-0.3, -0.25) is 0 Å². The highest BCUT2D eigenvalue weighted by Gasteiger charge is 2.18. The van der Waals surface area contributed by atoms with Gasteiger partial charge in [0.25, 0.3) is 0 Å². The second-order valence-electron chi connectivity index (χ2n) is 5.69. The maximum absolute atomic E-state index is 4.44. The van der Waals surface area contributed by atoms with Gasteiger partial charge in [0.15, 0.2) is 0 Å². The fourth-order valence-electron chi connectivity index (χ4n) is 2.50. The van der Waals surface area contributed by atoms with Crippen LogP contribution < -0.4 is 15.5 Å². The molecule has 0 spiro atoms. The van der Waals surface area contributed by atoms with Gasteiger partial charge in [0.2, 0.25) is 17.8 Å². The van der Waals surface area contributed by atoms with E-state index in [0.29, 0.717) is 23.8 Å². The van der Waals surface area contributed by atoms with Crippen molar-refractivity contribution in [3.05, 3.63) is 0 Å². The molecule has 0 aromatic carbocycles. The largest absolute Gasteiger partial charge is 0.357 e. The third-order valence-corrected chi connectivity index (χ3v) is 3.95. The fourth-order valence-corrected chi connectivity index (χ4v) is 2.50. The Bertz CT molecular complexity index is 441. The summed E-state index contributed by atoms with van der Waals surface area (Å²) in [5.41, 5.74) is 0. The van der Waals surface area contributed by atoms with Gasteiger partial charge in [-0.2, -0.15) is 15.0 Å². The normalized spacial score (nSPS) is 16.8. The minimum Gasteiger partial charge on any atom is -0.357 e. The zero-order chi connectivity index (χ0) is 15.2. The van der Waals surface area contributed by atoms with Crippen molar-refractivity contribution >= 4 is 17.8 Å². The Labute approximate surface area is 127 Å². The molecule has 1 aromatic heterocycles. The van der Waals surface area contributed by atoms with Gasteiger partial charge in [-0.25, -0.2) is 0 Å². The average Bonchev–Trinajstić information content (AvgIpc) is 2.53. The Morgan fingerprint density at radius 2 is 1.81 bits per heavy atom. The lowest BCUT2D eigenvalue weighted by Crippen LogP contribution is -2.35. The van der Waals surface area contributed by atoms with Crippen LogP contribution in [0.4, 0.5) is 17.8 Å². The number of aromatic nitrogens is 3. The summed E-state index contributed by atoms with van der Waals surface area (Å²) in [6.45, 7) is 6.71. The summed E-state index contributed by atoms with van der Waals surface area (Å²) >= 11 is 0. The Kier molecular flexibility index (Phi) is 5.55. The van der Waals surface area contributed by atoms with Crippen molar-refractivity contribution in [3.63, 3.8) is 0 Å². The fraction of sp³-hybridized carbons (Fsp3) is 0.786. The lowest BCUT2D eigenvalue weighted by atomic mass is 9.97. The van der Waals surface area contributed by atoms with Crippen LogP contribution in [0.2, 0.25) is 0 Å². The van der Waals surface area contributed by atoms with Crippen molar-refractivity contribution in [2.45, 2.75) is 19.8 Å². The zero-order valence-electron chi connectivity index (χ0n) is 13.6. The molecule has 7 nitrogen and oxygen atoms in total. The molecule has 0 atom stereocenters. The molecule has 0 unspecified atom stereocenters. The number of hydrogen-bond donors (Lipinski definition) is 2. The molecule has 1 aromatic rings. The predicted octanol–water partition coefficient (Wildman–Crippen LogP) is 1.12. The second kappa shape index (κ2) is 7.40. The number of hydrogen-bond acceptors (Lipinski definition) is 7. The lowest BCUT2D eigenvalue weighted by molar-refractivity contribution is 0.198. The van der Waals surface area contributed by atoms with Crippen molar-refractivity contribution in [2.24, 2.45) is 5.92 Å². The molecule has 0 radical (unpaired) electrons. The molecule has 0 saturated carbocycles. The molecule has 2 rings (SSSR count). The lowest BCUT2D eigenvalue weighted by Gasteiger charge is -2.31. The molecular weight excluding hydrogens is 266 g/mol. The molecule has 0 amide bonds. The summed E-state index contributed by atoms with van der Waals surface area (Å²) in [7, 11) is 5.68. The predicted molar refractivity (Wildman–Crippen MR) is 87.0 cm³/mol. The van der Waals surface area contributed by atoms with Gasteiger partial charge in [0, 0.05) is 27.7 Å². The smallest absolute Gasteiger partial charge is 0.231 e. The third kappa shape index (κ3) is 4.42. The van der Waals surface area contributed by atoms with Crippen LogP contribution >= 0.6 is 0 Å². The van der Waals surface area contributed by atoms with E-state index in [1.807, 2.05) is 26.0 Å². The van der Waals surface area contributed by atoms with E-state index < -0.39 is 0 Å². The van der Waals surface area contributed by atoms with Gasteiger partial charge >= 0.3 is 0 Å². The van der Waals surface area contributed by atoms with Crippen LogP contribution in [-0.4, -0.2) is 67.2 Å². The van der Waals surface area contributed by atoms with E-state index in [0.717, 1.165) is 13.1 Å². The first-order chi connectivity index (χ1) is 10.1. The standard InChI is InChI=1S/C14H27N7/c1-5-21-8-6-11(7-9-21)10-16-13-17-12(15-2)18-14(19-13)20(3)4/h11H,5-10H2,1-4H3,(H2,15,16,17,18,19). The van der Waals surface area contributed by atoms with Crippen molar-refractivity contribution in [3.8, 4) is 0 Å². The molecule has 2 N–H and O–H groups in total. The van der Waals surface area contributed by atoms with Crippen LogP contribution in [0.1, 0.15) is 19.8 Å². The van der Waals surface area contributed by atoms with Crippen LogP contribution in [-0.2, 0) is 0 Å². The van der Waals surface area contributed by atoms with Gasteiger partial charge in [-0.15, -0.1) is 0 Å². The van der Waals surface area contributed by atoms with E-state index >= 15 is 0 Å². The topological polar surface area (TPSA) is 69.2 Å². The van der Waals surface area contributed by atoms with Crippen LogP contribution in [0, 0.1) is 5.92 Å². The minimum absolute atomic E-state index is 0.594. The van der Waals surface area contributed by atoms with E-state index in [2.05, 4.69) is 37.4 Å². The average molecular weight is 293 g/mol. The number of nitrogens with one attached hydrogen (secondary N) is 2. The maximum Gasteiger partial charge on any atom is 0.231 e. The Morgan fingerprint density at radius 1 is 1.14 bits per heavy atom. The van der Waals surface area contributed by atoms with Gasteiger partial charge < -0.3 is 20.4 Å². The summed E-state index contributed by atoms with van der Waals surface area (Å²) in [6.07, 6.45) is 2.48. The summed E-state index contributed by atoms with van der Waals surface area (Å²) in [6, 6.07) is 0. The summed E-state index contributed by atoms with van der Waals surface area (Å²) in [4.78, 5) is 17.5. The van der Waals surface area contributed by atoms with Gasteiger partial charge in [0.05, 0.1) is 0 Å². The number of rotatable bonds is 6. The highest BCUT2D eigenvalue weighted by atomic mass is 15.3. The van der Waals surface area contributed by atoms with Crippen molar-refractivity contribution in [1.29, 1.82) is 0 Å². The molecule has 0 bridgehead atoms. The molecule has 1 aliphatic rings. The van der Waals surface area contributed by atoms with Crippen LogP contribution in [0.5, 0.6) is 0 Å². The first kappa shape index (κ1) is 15.8. The highest BCUT2D eigenvalue weighted by molar-refractivity contribution is 5.42. The Balaban J connectivity index is 1.92. The van der Waals surface area contributed by atoms with E-state index in [1.165, 1.54) is 25.9 Å². The van der Waals surface area contributed by atoms with Crippen LogP contribution in [0.25, 0.3) is 0 Å². The molecule has 7 heteroatoms. The summed E-state index contributed by atoms with van der Waals surface area (Å²) < 4.78 is 0. The monoisotopic (exact) mass is 293 g/mol. The van der Waals surface area contributed by atoms with Gasteiger partial charge in [0.1, 0.15) is 0 Å². The number of anilines is 3. The maximum atomic E-state index is 4.44. The molecule has 1 aliphatic heterocycles. The number of piperidine rings is 1. The van der Waals surface area contributed by atoms with E-state index in [-0.39, 0.29) is 0 Å². The molecule has 0 aliphatic carbocycles. The molecule has 1 fully saturated rings. The minimum atomic E-state index is 0.594. The van der Waals surface area contributed by atoms with Crippen molar-refractivity contribution < 1.29 is 0 Å². The van der Waals surface area contributed by atoms with Crippen LogP contribution in [0.3, 0.4) is 0 Å². The first-order valence-corrected chi connectivity index (χ1v) is 7.69. The van der Waals surface area contributed by atoms with Crippen molar-refractivity contribution in [2.75, 3.05) is 62.9 Å².